The van der Waals surface area contributed by atoms with Crippen LogP contribution in [0.4, 0.5) is 0 Å². The Hall–Kier alpha value is -1.01. The second-order valence-electron chi connectivity index (χ2n) is 2.86. The maximum atomic E-state index is 5.86. The van der Waals surface area contributed by atoms with E-state index in [1.54, 1.807) is 10.9 Å². The molecule has 0 aromatic carbocycles. The lowest BCUT2D eigenvalue weighted by atomic mass is 10.4. The Morgan fingerprint density at radius 1 is 1.64 bits per heavy atom. The summed E-state index contributed by atoms with van der Waals surface area (Å²) in [5.74, 6) is 0. The highest BCUT2D eigenvalue weighted by Crippen LogP contribution is 2.15. The lowest BCUT2D eigenvalue weighted by Crippen LogP contribution is -2.00. The SMILES string of the molecule is CC(Cl)c1cn(Cc2cnsn2)nn1. The van der Waals surface area contributed by atoms with Gasteiger partial charge in [-0.3, -0.25) is 0 Å². The van der Waals surface area contributed by atoms with Gasteiger partial charge in [-0.25, -0.2) is 4.68 Å². The van der Waals surface area contributed by atoms with E-state index in [1.165, 1.54) is 11.7 Å². The van der Waals surface area contributed by atoms with Crippen molar-refractivity contribution < 1.29 is 0 Å². The molecule has 0 saturated heterocycles. The van der Waals surface area contributed by atoms with E-state index in [4.69, 9.17) is 11.6 Å². The van der Waals surface area contributed by atoms with Crippen molar-refractivity contribution in [2.75, 3.05) is 0 Å². The van der Waals surface area contributed by atoms with Gasteiger partial charge in [-0.15, -0.1) is 16.7 Å². The van der Waals surface area contributed by atoms with Gasteiger partial charge in [0.1, 0.15) is 5.69 Å². The highest BCUT2D eigenvalue weighted by atomic mass is 35.5. The van der Waals surface area contributed by atoms with Gasteiger partial charge >= 0.3 is 0 Å². The topological polar surface area (TPSA) is 56.5 Å². The molecule has 14 heavy (non-hydrogen) atoms. The third kappa shape index (κ3) is 2.08. The zero-order chi connectivity index (χ0) is 9.97. The zero-order valence-corrected chi connectivity index (χ0v) is 9.03. The Morgan fingerprint density at radius 3 is 3.07 bits per heavy atom. The number of aromatic nitrogens is 5. The molecule has 7 heteroatoms. The summed E-state index contributed by atoms with van der Waals surface area (Å²) in [6.45, 7) is 2.45. The Morgan fingerprint density at radius 2 is 2.50 bits per heavy atom. The predicted octanol–water partition coefficient (Wildman–Crippen LogP) is 1.48. The van der Waals surface area contributed by atoms with Gasteiger partial charge in [0.2, 0.25) is 0 Å². The summed E-state index contributed by atoms with van der Waals surface area (Å²) in [5, 5.41) is 7.75. The van der Waals surface area contributed by atoms with E-state index in [0.717, 1.165) is 11.4 Å². The fourth-order valence-electron chi connectivity index (χ4n) is 0.993. The minimum absolute atomic E-state index is 0.114. The van der Waals surface area contributed by atoms with Gasteiger partial charge < -0.3 is 0 Å². The molecule has 0 fully saturated rings. The first-order chi connectivity index (χ1) is 6.75. The summed E-state index contributed by atoms with van der Waals surface area (Å²) >= 11 is 7.04. The predicted molar refractivity (Wildman–Crippen MR) is 53.3 cm³/mol. The summed E-state index contributed by atoms with van der Waals surface area (Å²) in [4.78, 5) is 0. The third-order valence-electron chi connectivity index (χ3n) is 1.69. The van der Waals surface area contributed by atoms with Gasteiger partial charge in [-0.2, -0.15) is 8.75 Å². The Bertz CT molecular complexity index is 396. The van der Waals surface area contributed by atoms with E-state index in [2.05, 4.69) is 19.1 Å². The molecule has 1 atom stereocenters. The van der Waals surface area contributed by atoms with Crippen LogP contribution in [0.25, 0.3) is 0 Å². The third-order valence-corrected chi connectivity index (χ3v) is 2.43. The highest BCUT2D eigenvalue weighted by molar-refractivity contribution is 6.99. The van der Waals surface area contributed by atoms with Gasteiger partial charge in [0, 0.05) is 0 Å². The summed E-state index contributed by atoms with van der Waals surface area (Å²) in [7, 11) is 0. The zero-order valence-electron chi connectivity index (χ0n) is 7.46. The Kier molecular flexibility index (Phi) is 2.74. The molecule has 0 spiro atoms. The first-order valence-corrected chi connectivity index (χ1v) is 5.23. The van der Waals surface area contributed by atoms with Crippen molar-refractivity contribution in [3.63, 3.8) is 0 Å². The molecule has 0 N–H and O–H groups in total. The quantitative estimate of drug-likeness (QED) is 0.748. The van der Waals surface area contributed by atoms with E-state index in [-0.39, 0.29) is 5.38 Å². The number of hydrogen-bond donors (Lipinski definition) is 0. The maximum Gasteiger partial charge on any atom is 0.100 e. The molecule has 2 heterocycles. The molecule has 2 aromatic rings. The van der Waals surface area contributed by atoms with E-state index in [1.807, 2.05) is 13.1 Å². The minimum Gasteiger partial charge on any atom is -0.246 e. The minimum atomic E-state index is -0.114. The number of rotatable bonds is 3. The van der Waals surface area contributed by atoms with Crippen LogP contribution in [0, 0.1) is 0 Å². The van der Waals surface area contributed by atoms with E-state index in [0.29, 0.717) is 6.54 Å². The molecule has 74 valence electrons. The smallest absolute Gasteiger partial charge is 0.100 e. The lowest BCUT2D eigenvalue weighted by Gasteiger charge is -1.94. The van der Waals surface area contributed by atoms with Crippen LogP contribution in [-0.4, -0.2) is 23.7 Å². The van der Waals surface area contributed by atoms with Crippen LogP contribution in [0.2, 0.25) is 0 Å². The van der Waals surface area contributed by atoms with E-state index < -0.39 is 0 Å². The molecule has 2 rings (SSSR count). The van der Waals surface area contributed by atoms with Gasteiger partial charge in [-0.1, -0.05) is 5.21 Å². The van der Waals surface area contributed by atoms with Crippen molar-refractivity contribution in [3.8, 4) is 0 Å². The first kappa shape index (κ1) is 9.54. The van der Waals surface area contributed by atoms with Crippen molar-refractivity contribution in [3.05, 3.63) is 23.8 Å². The maximum absolute atomic E-state index is 5.86. The number of nitrogens with zero attached hydrogens (tertiary/aromatic N) is 5. The molecule has 0 aliphatic carbocycles. The molecule has 5 nitrogen and oxygen atoms in total. The average Bonchev–Trinajstić information content (AvgIpc) is 2.75. The summed E-state index contributed by atoms with van der Waals surface area (Å²) in [6.07, 6.45) is 3.53. The average molecular weight is 230 g/mol. The Labute approximate surface area is 90.0 Å². The van der Waals surface area contributed by atoms with Gasteiger partial charge in [-0.05, 0) is 6.92 Å². The van der Waals surface area contributed by atoms with Gasteiger partial charge in [0.05, 0.1) is 41.7 Å². The molecular formula is C7H8ClN5S. The normalized spacial score (nSPS) is 13.0. The second kappa shape index (κ2) is 4.02. The summed E-state index contributed by atoms with van der Waals surface area (Å²) in [5.41, 5.74) is 1.66. The first-order valence-electron chi connectivity index (χ1n) is 4.06. The van der Waals surface area contributed by atoms with Crippen LogP contribution >= 0.6 is 23.3 Å². The van der Waals surface area contributed by atoms with Crippen LogP contribution in [0.5, 0.6) is 0 Å². The fourth-order valence-corrected chi connectivity index (χ4v) is 1.52. The molecule has 1 unspecified atom stereocenters. The molecule has 0 aliphatic rings. The number of halogens is 1. The largest absolute Gasteiger partial charge is 0.246 e. The van der Waals surface area contributed by atoms with E-state index >= 15 is 0 Å². The number of hydrogen-bond acceptors (Lipinski definition) is 5. The van der Waals surface area contributed by atoms with Crippen molar-refractivity contribution in [1.82, 2.24) is 23.7 Å². The monoisotopic (exact) mass is 229 g/mol. The standard InChI is InChI=1S/C7H8ClN5S/c1-5(8)7-4-13(12-10-7)3-6-2-9-14-11-6/h2,4-5H,3H2,1H3. The Balaban J connectivity index is 2.11. The molecule has 2 aromatic heterocycles. The van der Waals surface area contributed by atoms with Crippen molar-refractivity contribution >= 4 is 23.3 Å². The number of alkyl halides is 1. The van der Waals surface area contributed by atoms with Crippen LogP contribution in [0.3, 0.4) is 0 Å². The lowest BCUT2D eigenvalue weighted by molar-refractivity contribution is 0.641. The fraction of sp³-hybridized carbons (Fsp3) is 0.429. The summed E-state index contributed by atoms with van der Waals surface area (Å²) in [6, 6.07) is 0. The molecule has 0 radical (unpaired) electrons. The molecular weight excluding hydrogens is 222 g/mol. The van der Waals surface area contributed by atoms with E-state index in [9.17, 15) is 0 Å². The molecule has 0 bridgehead atoms. The molecule has 0 saturated carbocycles. The molecule has 0 amide bonds. The van der Waals surface area contributed by atoms with Crippen molar-refractivity contribution in [2.45, 2.75) is 18.8 Å². The van der Waals surface area contributed by atoms with Crippen LogP contribution in [0.1, 0.15) is 23.7 Å². The van der Waals surface area contributed by atoms with Gasteiger partial charge in [0.25, 0.3) is 0 Å². The highest BCUT2D eigenvalue weighted by Gasteiger charge is 2.07. The summed E-state index contributed by atoms with van der Waals surface area (Å²) < 4.78 is 9.68. The van der Waals surface area contributed by atoms with Crippen molar-refractivity contribution in [1.29, 1.82) is 0 Å². The van der Waals surface area contributed by atoms with Crippen molar-refractivity contribution in [2.24, 2.45) is 0 Å². The molecule has 0 aliphatic heterocycles. The van der Waals surface area contributed by atoms with Crippen LogP contribution in [0.15, 0.2) is 12.4 Å². The second-order valence-corrected chi connectivity index (χ2v) is 4.07. The van der Waals surface area contributed by atoms with Crippen LogP contribution in [-0.2, 0) is 6.54 Å². The van der Waals surface area contributed by atoms with Gasteiger partial charge in [0.15, 0.2) is 0 Å². The van der Waals surface area contributed by atoms with Crippen LogP contribution < -0.4 is 0 Å².